The van der Waals surface area contributed by atoms with Gasteiger partial charge >= 0.3 is 0 Å². The Kier molecular flexibility index (Phi) is 6.77. The van der Waals surface area contributed by atoms with Crippen molar-refractivity contribution in [2.75, 3.05) is 25.6 Å². The Hall–Kier alpha value is -2.18. The van der Waals surface area contributed by atoms with Crippen molar-refractivity contribution in [1.82, 2.24) is 15.3 Å². The summed E-state index contributed by atoms with van der Waals surface area (Å²) >= 11 is 6.06. The second-order valence-electron chi connectivity index (χ2n) is 4.81. The minimum atomic E-state index is -0.271. The molecule has 0 fully saturated rings. The molecule has 2 N–H and O–H groups in total. The molecule has 0 spiro atoms. The van der Waals surface area contributed by atoms with E-state index in [0.717, 1.165) is 12.0 Å². The molecule has 1 aromatic heterocycles. The average molecular weight is 335 g/mol. The van der Waals surface area contributed by atoms with Gasteiger partial charge in [-0.1, -0.05) is 29.8 Å². The van der Waals surface area contributed by atoms with Gasteiger partial charge in [-0.2, -0.15) is 0 Å². The number of amides is 1. The third-order valence-electron chi connectivity index (χ3n) is 3.09. The first-order valence-corrected chi connectivity index (χ1v) is 7.66. The minimum absolute atomic E-state index is 0.271. The first-order valence-electron chi connectivity index (χ1n) is 7.28. The first-order chi connectivity index (χ1) is 11.2. The molecule has 0 aliphatic carbocycles. The number of rotatable bonds is 8. The fourth-order valence-electron chi connectivity index (χ4n) is 1.89. The van der Waals surface area contributed by atoms with Crippen molar-refractivity contribution in [2.24, 2.45) is 0 Å². The largest absolute Gasteiger partial charge is 0.385 e. The minimum Gasteiger partial charge on any atom is -0.385 e. The number of benzene rings is 1. The van der Waals surface area contributed by atoms with Crippen molar-refractivity contribution in [3.63, 3.8) is 0 Å². The molecule has 0 bridgehead atoms. The molecule has 2 aromatic rings. The van der Waals surface area contributed by atoms with E-state index in [1.165, 1.54) is 0 Å². The molecule has 0 aliphatic rings. The Morgan fingerprint density at radius 1 is 1.30 bits per heavy atom. The molecular formula is C16H19ClN4O2. The molecule has 1 amide bonds. The maximum absolute atomic E-state index is 12.2. The fourth-order valence-corrected chi connectivity index (χ4v) is 2.10. The maximum Gasteiger partial charge on any atom is 0.270 e. The number of carbonyl (C=O) groups excluding carboxylic acids is 1. The Balaban J connectivity index is 1.90. The van der Waals surface area contributed by atoms with Crippen molar-refractivity contribution < 1.29 is 9.53 Å². The van der Waals surface area contributed by atoms with Crippen LogP contribution < -0.4 is 10.6 Å². The number of hydrogen-bond donors (Lipinski definition) is 2. The topological polar surface area (TPSA) is 76.1 Å². The number of anilines is 1. The number of aromatic nitrogens is 2. The highest BCUT2D eigenvalue weighted by molar-refractivity contribution is 6.31. The predicted molar refractivity (Wildman–Crippen MR) is 89.6 cm³/mol. The van der Waals surface area contributed by atoms with Crippen molar-refractivity contribution >= 4 is 23.5 Å². The van der Waals surface area contributed by atoms with E-state index >= 15 is 0 Å². The molecule has 1 heterocycles. The summed E-state index contributed by atoms with van der Waals surface area (Å²) in [6.07, 6.45) is 2.39. The molecule has 0 aliphatic heterocycles. The lowest BCUT2D eigenvalue weighted by Crippen LogP contribution is -2.24. The molecule has 6 nitrogen and oxygen atoms in total. The van der Waals surface area contributed by atoms with Crippen LogP contribution in [0, 0.1) is 0 Å². The molecule has 0 unspecified atom stereocenters. The molecule has 122 valence electrons. The van der Waals surface area contributed by atoms with Gasteiger partial charge in [-0.05, 0) is 24.1 Å². The summed E-state index contributed by atoms with van der Waals surface area (Å²) < 4.78 is 4.97. The van der Waals surface area contributed by atoms with Crippen molar-refractivity contribution in [3.8, 4) is 0 Å². The smallest absolute Gasteiger partial charge is 0.270 e. The number of ether oxygens (including phenoxy) is 1. The number of nitrogens with zero attached hydrogens (tertiary/aromatic N) is 2. The summed E-state index contributed by atoms with van der Waals surface area (Å²) in [5, 5.41) is 6.47. The molecule has 2 rings (SSSR count). The van der Waals surface area contributed by atoms with Gasteiger partial charge in [0, 0.05) is 38.0 Å². The van der Waals surface area contributed by atoms with Crippen LogP contribution in [0.4, 0.5) is 5.95 Å². The summed E-state index contributed by atoms with van der Waals surface area (Å²) in [5.74, 6) is 0.152. The van der Waals surface area contributed by atoms with Crippen LogP contribution in [-0.2, 0) is 11.3 Å². The van der Waals surface area contributed by atoms with Crippen molar-refractivity contribution in [2.45, 2.75) is 13.0 Å². The SMILES string of the molecule is COCCCNc1nccc(C(=O)NCc2ccccc2Cl)n1. The second kappa shape index (κ2) is 9.07. The van der Waals surface area contributed by atoms with E-state index < -0.39 is 0 Å². The maximum atomic E-state index is 12.2. The molecule has 0 atom stereocenters. The van der Waals surface area contributed by atoms with Crippen LogP contribution in [-0.4, -0.2) is 36.1 Å². The molecule has 0 saturated carbocycles. The summed E-state index contributed by atoms with van der Waals surface area (Å²) in [5.41, 5.74) is 1.16. The van der Waals surface area contributed by atoms with E-state index in [9.17, 15) is 4.79 Å². The third kappa shape index (κ3) is 5.50. The lowest BCUT2D eigenvalue weighted by Gasteiger charge is -2.08. The van der Waals surface area contributed by atoms with E-state index in [0.29, 0.717) is 36.4 Å². The Morgan fingerprint density at radius 3 is 2.91 bits per heavy atom. The van der Waals surface area contributed by atoms with Gasteiger partial charge in [0.25, 0.3) is 5.91 Å². The van der Waals surface area contributed by atoms with Crippen molar-refractivity contribution in [3.05, 3.63) is 52.8 Å². The molecule has 7 heteroatoms. The summed E-state index contributed by atoms with van der Waals surface area (Å²) in [4.78, 5) is 20.5. The molecule has 1 aromatic carbocycles. The quantitative estimate of drug-likeness (QED) is 0.725. The number of carbonyl (C=O) groups is 1. The highest BCUT2D eigenvalue weighted by Crippen LogP contribution is 2.14. The highest BCUT2D eigenvalue weighted by Gasteiger charge is 2.09. The van der Waals surface area contributed by atoms with E-state index in [1.54, 1.807) is 25.4 Å². The van der Waals surface area contributed by atoms with Crippen LogP contribution in [0.3, 0.4) is 0 Å². The van der Waals surface area contributed by atoms with E-state index in [-0.39, 0.29) is 5.91 Å². The molecule has 0 radical (unpaired) electrons. The predicted octanol–water partition coefficient (Wildman–Crippen LogP) is 2.51. The summed E-state index contributed by atoms with van der Waals surface area (Å²) in [7, 11) is 1.65. The zero-order chi connectivity index (χ0) is 16.5. The number of halogens is 1. The van der Waals surface area contributed by atoms with Crippen LogP contribution in [0.15, 0.2) is 36.5 Å². The Bertz CT molecular complexity index is 651. The number of hydrogen-bond acceptors (Lipinski definition) is 5. The summed E-state index contributed by atoms with van der Waals surface area (Å²) in [6.45, 7) is 1.68. The van der Waals surface area contributed by atoms with Gasteiger partial charge in [-0.15, -0.1) is 0 Å². The lowest BCUT2D eigenvalue weighted by atomic mass is 10.2. The third-order valence-corrected chi connectivity index (χ3v) is 3.46. The molecular weight excluding hydrogens is 316 g/mol. The van der Waals surface area contributed by atoms with Gasteiger partial charge in [0.05, 0.1) is 0 Å². The standard InChI is InChI=1S/C16H19ClN4O2/c1-23-10-4-8-18-16-19-9-7-14(21-16)15(22)20-11-12-5-2-3-6-13(12)17/h2-3,5-7,9H,4,8,10-11H2,1H3,(H,20,22)(H,18,19,21). The van der Waals surface area contributed by atoms with Crippen LogP contribution in [0.25, 0.3) is 0 Å². The van der Waals surface area contributed by atoms with Crippen LogP contribution in [0.2, 0.25) is 5.02 Å². The fraction of sp³-hybridized carbons (Fsp3) is 0.312. The first kappa shape index (κ1) is 17.2. The highest BCUT2D eigenvalue weighted by atomic mass is 35.5. The van der Waals surface area contributed by atoms with E-state index in [1.807, 2.05) is 18.2 Å². The Labute approximate surface area is 140 Å². The number of methoxy groups -OCH3 is 1. The van der Waals surface area contributed by atoms with Crippen LogP contribution >= 0.6 is 11.6 Å². The normalized spacial score (nSPS) is 10.3. The van der Waals surface area contributed by atoms with Crippen LogP contribution in [0.5, 0.6) is 0 Å². The van der Waals surface area contributed by atoms with Gasteiger partial charge in [0.15, 0.2) is 0 Å². The molecule has 23 heavy (non-hydrogen) atoms. The lowest BCUT2D eigenvalue weighted by molar-refractivity contribution is 0.0946. The zero-order valence-corrected chi connectivity index (χ0v) is 13.6. The van der Waals surface area contributed by atoms with Crippen LogP contribution in [0.1, 0.15) is 22.5 Å². The van der Waals surface area contributed by atoms with Gasteiger partial charge in [0.2, 0.25) is 5.95 Å². The monoisotopic (exact) mass is 334 g/mol. The van der Waals surface area contributed by atoms with Gasteiger partial charge in [-0.25, -0.2) is 9.97 Å². The van der Waals surface area contributed by atoms with E-state index in [2.05, 4.69) is 20.6 Å². The Morgan fingerprint density at radius 2 is 2.13 bits per heavy atom. The van der Waals surface area contributed by atoms with Crippen molar-refractivity contribution in [1.29, 1.82) is 0 Å². The molecule has 0 saturated heterocycles. The average Bonchev–Trinajstić information content (AvgIpc) is 2.58. The van der Waals surface area contributed by atoms with E-state index in [4.69, 9.17) is 16.3 Å². The van der Waals surface area contributed by atoms with Gasteiger partial charge in [-0.3, -0.25) is 4.79 Å². The summed E-state index contributed by atoms with van der Waals surface area (Å²) in [6, 6.07) is 8.95. The van der Waals surface area contributed by atoms with Gasteiger partial charge < -0.3 is 15.4 Å². The number of nitrogens with one attached hydrogen (secondary N) is 2. The zero-order valence-electron chi connectivity index (χ0n) is 12.9. The van der Waals surface area contributed by atoms with Gasteiger partial charge in [0.1, 0.15) is 5.69 Å². The second-order valence-corrected chi connectivity index (χ2v) is 5.22.